The van der Waals surface area contributed by atoms with E-state index in [1.165, 1.54) is 0 Å². The number of hydrogen-bond acceptors (Lipinski definition) is 3. The molecule has 0 saturated heterocycles. The second-order valence-corrected chi connectivity index (χ2v) is 4.01. The van der Waals surface area contributed by atoms with E-state index in [1.54, 1.807) is 0 Å². The molecule has 0 aliphatic rings. The lowest BCUT2D eigenvalue weighted by Crippen LogP contribution is -2.18. The Balaban J connectivity index is 2.29. The molecule has 0 atom stereocenters. The summed E-state index contributed by atoms with van der Waals surface area (Å²) < 4.78 is 5.08. The van der Waals surface area contributed by atoms with Gasteiger partial charge in [0, 0.05) is 17.7 Å². The lowest BCUT2D eigenvalue weighted by atomic mass is 10.1. The fourth-order valence-corrected chi connectivity index (χ4v) is 1.79. The SMILES string of the molecule is CCOCC(=O)Nc1cc(C)nc2ccccc12. The summed E-state index contributed by atoms with van der Waals surface area (Å²) in [4.78, 5) is 16.1. The number of carbonyl (C=O) groups excluding carboxylic acids is 1. The number of nitrogens with zero attached hydrogens (tertiary/aromatic N) is 1. The first-order valence-electron chi connectivity index (χ1n) is 5.94. The summed E-state index contributed by atoms with van der Waals surface area (Å²) in [5.41, 5.74) is 2.53. The molecule has 0 bridgehead atoms. The maximum atomic E-state index is 11.7. The van der Waals surface area contributed by atoms with E-state index < -0.39 is 0 Å². The van der Waals surface area contributed by atoms with Gasteiger partial charge in [0.2, 0.25) is 5.91 Å². The summed E-state index contributed by atoms with van der Waals surface area (Å²) in [6.07, 6.45) is 0. The molecular weight excluding hydrogens is 228 g/mol. The highest BCUT2D eigenvalue weighted by Crippen LogP contribution is 2.22. The molecule has 0 saturated carbocycles. The molecule has 0 aliphatic heterocycles. The van der Waals surface area contributed by atoms with E-state index in [9.17, 15) is 4.79 Å². The maximum Gasteiger partial charge on any atom is 0.250 e. The van der Waals surface area contributed by atoms with Crippen molar-refractivity contribution in [2.75, 3.05) is 18.5 Å². The van der Waals surface area contributed by atoms with Crippen molar-refractivity contribution in [2.24, 2.45) is 0 Å². The molecule has 2 rings (SSSR count). The first kappa shape index (κ1) is 12.5. The van der Waals surface area contributed by atoms with E-state index in [0.29, 0.717) is 6.61 Å². The number of para-hydroxylation sites is 1. The molecule has 4 heteroatoms. The number of nitrogens with one attached hydrogen (secondary N) is 1. The Morgan fingerprint density at radius 3 is 2.94 bits per heavy atom. The number of anilines is 1. The molecule has 0 radical (unpaired) electrons. The molecule has 1 heterocycles. The van der Waals surface area contributed by atoms with E-state index in [2.05, 4.69) is 10.3 Å². The van der Waals surface area contributed by atoms with Gasteiger partial charge in [-0.3, -0.25) is 9.78 Å². The fourth-order valence-electron chi connectivity index (χ4n) is 1.79. The van der Waals surface area contributed by atoms with Crippen LogP contribution in [-0.2, 0) is 9.53 Å². The Morgan fingerprint density at radius 2 is 2.17 bits per heavy atom. The first-order chi connectivity index (χ1) is 8.70. The molecule has 1 amide bonds. The number of amides is 1. The Hall–Kier alpha value is -1.94. The lowest BCUT2D eigenvalue weighted by molar-refractivity contribution is -0.120. The summed E-state index contributed by atoms with van der Waals surface area (Å²) >= 11 is 0. The number of pyridine rings is 1. The molecule has 18 heavy (non-hydrogen) atoms. The van der Waals surface area contributed by atoms with Crippen molar-refractivity contribution in [3.8, 4) is 0 Å². The number of aromatic nitrogens is 1. The van der Waals surface area contributed by atoms with Gasteiger partial charge in [0.15, 0.2) is 0 Å². The molecule has 0 spiro atoms. The van der Waals surface area contributed by atoms with E-state index in [1.807, 2.05) is 44.2 Å². The Labute approximate surface area is 106 Å². The van der Waals surface area contributed by atoms with Crippen LogP contribution in [0.3, 0.4) is 0 Å². The Bertz CT molecular complexity index is 567. The van der Waals surface area contributed by atoms with E-state index >= 15 is 0 Å². The summed E-state index contributed by atoms with van der Waals surface area (Å²) in [6.45, 7) is 4.37. The molecule has 1 N–H and O–H groups in total. The van der Waals surface area contributed by atoms with E-state index in [-0.39, 0.29) is 12.5 Å². The smallest absolute Gasteiger partial charge is 0.250 e. The monoisotopic (exact) mass is 244 g/mol. The number of hydrogen-bond donors (Lipinski definition) is 1. The molecule has 94 valence electrons. The Morgan fingerprint density at radius 1 is 1.39 bits per heavy atom. The van der Waals surface area contributed by atoms with Gasteiger partial charge in [-0.2, -0.15) is 0 Å². The largest absolute Gasteiger partial charge is 0.372 e. The quantitative estimate of drug-likeness (QED) is 0.899. The van der Waals surface area contributed by atoms with Crippen LogP contribution in [0, 0.1) is 6.92 Å². The third-order valence-electron chi connectivity index (χ3n) is 2.56. The van der Waals surface area contributed by atoms with Crippen LogP contribution >= 0.6 is 0 Å². The van der Waals surface area contributed by atoms with Gasteiger partial charge in [-0.1, -0.05) is 18.2 Å². The Kier molecular flexibility index (Phi) is 3.89. The van der Waals surface area contributed by atoms with E-state index in [0.717, 1.165) is 22.3 Å². The maximum absolute atomic E-state index is 11.7. The van der Waals surface area contributed by atoms with Crippen molar-refractivity contribution in [2.45, 2.75) is 13.8 Å². The first-order valence-corrected chi connectivity index (χ1v) is 5.94. The minimum Gasteiger partial charge on any atom is -0.372 e. The van der Waals surface area contributed by atoms with Crippen LogP contribution in [0.1, 0.15) is 12.6 Å². The van der Waals surface area contributed by atoms with Crippen LogP contribution in [0.25, 0.3) is 10.9 Å². The number of benzene rings is 1. The minimum absolute atomic E-state index is 0.0756. The fraction of sp³-hybridized carbons (Fsp3) is 0.286. The van der Waals surface area contributed by atoms with Crippen molar-refractivity contribution >= 4 is 22.5 Å². The number of fused-ring (bicyclic) bond motifs is 1. The summed E-state index contributed by atoms with van der Waals surface area (Å²) in [7, 11) is 0. The zero-order valence-electron chi connectivity index (χ0n) is 10.6. The van der Waals surface area contributed by atoms with Crippen molar-refractivity contribution in [3.05, 3.63) is 36.0 Å². The van der Waals surface area contributed by atoms with Crippen LogP contribution < -0.4 is 5.32 Å². The molecule has 2 aromatic rings. The van der Waals surface area contributed by atoms with Crippen molar-refractivity contribution in [3.63, 3.8) is 0 Å². The van der Waals surface area contributed by atoms with Crippen LogP contribution in [-0.4, -0.2) is 24.1 Å². The normalized spacial score (nSPS) is 10.6. The van der Waals surface area contributed by atoms with Gasteiger partial charge in [0.25, 0.3) is 0 Å². The number of carbonyl (C=O) groups is 1. The van der Waals surface area contributed by atoms with Gasteiger partial charge in [-0.05, 0) is 26.0 Å². The predicted molar refractivity (Wildman–Crippen MR) is 71.6 cm³/mol. The molecule has 0 aliphatic carbocycles. The van der Waals surface area contributed by atoms with Gasteiger partial charge in [0.05, 0.1) is 11.2 Å². The summed E-state index contributed by atoms with van der Waals surface area (Å²) in [5, 5.41) is 3.79. The zero-order valence-corrected chi connectivity index (χ0v) is 10.6. The molecular formula is C14H16N2O2. The van der Waals surface area contributed by atoms with Crippen molar-refractivity contribution in [1.29, 1.82) is 0 Å². The summed E-state index contributed by atoms with van der Waals surface area (Å²) in [6, 6.07) is 9.60. The van der Waals surface area contributed by atoms with Crippen LogP contribution in [0.4, 0.5) is 5.69 Å². The predicted octanol–water partition coefficient (Wildman–Crippen LogP) is 2.52. The topological polar surface area (TPSA) is 51.2 Å². The number of aryl methyl sites for hydroxylation is 1. The van der Waals surface area contributed by atoms with Gasteiger partial charge < -0.3 is 10.1 Å². The minimum atomic E-state index is -0.146. The standard InChI is InChI=1S/C14H16N2O2/c1-3-18-9-14(17)16-13-8-10(2)15-12-7-5-4-6-11(12)13/h4-8H,3,9H2,1-2H3,(H,15,16,17). The number of ether oxygens (including phenoxy) is 1. The third kappa shape index (κ3) is 2.84. The second-order valence-electron chi connectivity index (χ2n) is 4.01. The number of rotatable bonds is 4. The molecule has 1 aromatic heterocycles. The molecule has 4 nitrogen and oxygen atoms in total. The van der Waals surface area contributed by atoms with Crippen LogP contribution in [0.5, 0.6) is 0 Å². The average molecular weight is 244 g/mol. The molecule has 0 unspecified atom stereocenters. The van der Waals surface area contributed by atoms with Crippen LogP contribution in [0.15, 0.2) is 30.3 Å². The van der Waals surface area contributed by atoms with Crippen molar-refractivity contribution < 1.29 is 9.53 Å². The van der Waals surface area contributed by atoms with Gasteiger partial charge in [-0.25, -0.2) is 0 Å². The molecule has 1 aromatic carbocycles. The van der Waals surface area contributed by atoms with Crippen LogP contribution in [0.2, 0.25) is 0 Å². The highest BCUT2D eigenvalue weighted by Gasteiger charge is 2.07. The van der Waals surface area contributed by atoms with Gasteiger partial charge in [-0.15, -0.1) is 0 Å². The average Bonchev–Trinajstić information content (AvgIpc) is 2.36. The zero-order chi connectivity index (χ0) is 13.0. The highest BCUT2D eigenvalue weighted by atomic mass is 16.5. The lowest BCUT2D eigenvalue weighted by Gasteiger charge is -2.09. The molecule has 0 fully saturated rings. The van der Waals surface area contributed by atoms with Gasteiger partial charge >= 0.3 is 0 Å². The van der Waals surface area contributed by atoms with E-state index in [4.69, 9.17) is 4.74 Å². The third-order valence-corrected chi connectivity index (χ3v) is 2.56. The second kappa shape index (κ2) is 5.60. The summed E-state index contributed by atoms with van der Waals surface area (Å²) in [5.74, 6) is -0.146. The highest BCUT2D eigenvalue weighted by molar-refractivity contribution is 6.01. The van der Waals surface area contributed by atoms with Crippen molar-refractivity contribution in [1.82, 2.24) is 4.98 Å². The van der Waals surface area contributed by atoms with Gasteiger partial charge in [0.1, 0.15) is 6.61 Å².